The van der Waals surface area contributed by atoms with Crippen LogP contribution in [0, 0.1) is 5.92 Å². The Bertz CT molecular complexity index is 374. The van der Waals surface area contributed by atoms with Crippen LogP contribution in [-0.2, 0) is 11.3 Å². The summed E-state index contributed by atoms with van der Waals surface area (Å²) in [5, 5.41) is 5.96. The highest BCUT2D eigenvalue weighted by atomic mass is 16.5. The van der Waals surface area contributed by atoms with Gasteiger partial charge in [0.2, 0.25) is 0 Å². The Labute approximate surface area is 115 Å². The first-order chi connectivity index (χ1) is 9.11. The van der Waals surface area contributed by atoms with E-state index in [4.69, 9.17) is 4.74 Å². The summed E-state index contributed by atoms with van der Waals surface area (Å²) in [6, 6.07) is 7.89. The molecule has 0 atom stereocenters. The van der Waals surface area contributed by atoms with Crippen molar-refractivity contribution < 1.29 is 9.53 Å². The fourth-order valence-electron chi connectivity index (χ4n) is 1.59. The third kappa shape index (κ3) is 6.70. The van der Waals surface area contributed by atoms with Gasteiger partial charge in [-0.3, -0.25) is 0 Å². The summed E-state index contributed by atoms with van der Waals surface area (Å²) in [5.74, 6) is 0.582. The minimum absolute atomic E-state index is 0.305. The molecule has 0 heterocycles. The highest BCUT2D eigenvalue weighted by Crippen LogP contribution is 2.10. The smallest absolute Gasteiger partial charge is 0.407 e. The van der Waals surface area contributed by atoms with Crippen molar-refractivity contribution in [2.75, 3.05) is 18.4 Å². The lowest BCUT2D eigenvalue weighted by Crippen LogP contribution is -2.25. The lowest BCUT2D eigenvalue weighted by Gasteiger charge is -2.09. The number of hydrogen-bond donors (Lipinski definition) is 2. The molecule has 0 aliphatic heterocycles. The highest BCUT2D eigenvalue weighted by Gasteiger charge is 2.03. The molecule has 1 amide bonds. The Balaban J connectivity index is 2.25. The summed E-state index contributed by atoms with van der Waals surface area (Å²) in [6.07, 6.45) is 0.614. The number of nitrogens with one attached hydrogen (secondary N) is 2. The number of alkyl carbamates (subject to hydrolysis) is 1. The molecule has 0 saturated heterocycles. The minimum Gasteiger partial charge on any atom is -0.445 e. The maximum Gasteiger partial charge on any atom is 0.407 e. The molecule has 0 fully saturated rings. The average Bonchev–Trinajstić information content (AvgIpc) is 2.38. The van der Waals surface area contributed by atoms with Gasteiger partial charge in [0.25, 0.3) is 0 Å². The second kappa shape index (κ2) is 8.40. The summed E-state index contributed by atoms with van der Waals surface area (Å²) in [7, 11) is 0. The molecule has 0 aliphatic rings. The van der Waals surface area contributed by atoms with Gasteiger partial charge >= 0.3 is 6.09 Å². The predicted octanol–water partition coefficient (Wildman–Crippen LogP) is 3.39. The Kier molecular flexibility index (Phi) is 6.79. The fraction of sp³-hybridized carbons (Fsp3) is 0.533. The molecule has 4 nitrogen and oxygen atoms in total. The summed E-state index contributed by atoms with van der Waals surface area (Å²) in [6.45, 7) is 8.17. The second-order valence-electron chi connectivity index (χ2n) is 4.91. The zero-order chi connectivity index (χ0) is 14.1. The van der Waals surface area contributed by atoms with E-state index in [0.717, 1.165) is 24.2 Å². The molecule has 0 aromatic heterocycles. The van der Waals surface area contributed by atoms with Crippen molar-refractivity contribution in [3.63, 3.8) is 0 Å². The van der Waals surface area contributed by atoms with E-state index < -0.39 is 0 Å². The molecule has 2 N–H and O–H groups in total. The summed E-state index contributed by atoms with van der Waals surface area (Å²) in [4.78, 5) is 11.4. The van der Waals surface area contributed by atoms with E-state index in [1.54, 1.807) is 0 Å². The molecule has 4 heteroatoms. The molecule has 0 aliphatic carbocycles. The van der Waals surface area contributed by atoms with Crippen LogP contribution in [0.3, 0.4) is 0 Å². The van der Waals surface area contributed by atoms with E-state index in [1.165, 1.54) is 0 Å². The molecule has 0 saturated carbocycles. The van der Waals surface area contributed by atoms with Crippen LogP contribution in [0.15, 0.2) is 24.3 Å². The van der Waals surface area contributed by atoms with E-state index in [1.807, 2.05) is 24.3 Å². The SMILES string of the molecule is CCNc1ccc(COC(=O)NCCC(C)C)cc1. The van der Waals surface area contributed by atoms with Gasteiger partial charge in [-0.1, -0.05) is 26.0 Å². The molecule has 0 unspecified atom stereocenters. The van der Waals surface area contributed by atoms with Crippen LogP contribution in [0.4, 0.5) is 10.5 Å². The number of amides is 1. The molecular weight excluding hydrogens is 240 g/mol. The largest absolute Gasteiger partial charge is 0.445 e. The summed E-state index contributed by atoms with van der Waals surface area (Å²) < 4.78 is 5.14. The van der Waals surface area contributed by atoms with E-state index in [-0.39, 0.29) is 6.09 Å². The Morgan fingerprint density at radius 1 is 1.26 bits per heavy atom. The van der Waals surface area contributed by atoms with E-state index in [9.17, 15) is 4.79 Å². The first kappa shape index (κ1) is 15.3. The normalized spacial score (nSPS) is 10.3. The second-order valence-corrected chi connectivity index (χ2v) is 4.91. The standard InChI is InChI=1S/C15H24N2O2/c1-4-16-14-7-5-13(6-8-14)11-19-15(18)17-10-9-12(2)3/h5-8,12,16H,4,9-11H2,1-3H3,(H,17,18). The van der Waals surface area contributed by atoms with E-state index in [2.05, 4.69) is 31.4 Å². The van der Waals surface area contributed by atoms with Gasteiger partial charge in [0, 0.05) is 18.8 Å². The third-order valence-electron chi connectivity index (χ3n) is 2.70. The van der Waals surface area contributed by atoms with Crippen molar-refractivity contribution in [1.29, 1.82) is 0 Å². The Morgan fingerprint density at radius 2 is 1.95 bits per heavy atom. The molecule has 1 rings (SSSR count). The van der Waals surface area contributed by atoms with Crippen LogP contribution in [0.25, 0.3) is 0 Å². The number of anilines is 1. The van der Waals surface area contributed by atoms with Crippen molar-refractivity contribution >= 4 is 11.8 Å². The van der Waals surface area contributed by atoms with Crippen molar-refractivity contribution in [2.24, 2.45) is 5.92 Å². The topological polar surface area (TPSA) is 50.4 Å². The zero-order valence-corrected chi connectivity index (χ0v) is 12.0. The van der Waals surface area contributed by atoms with Crippen LogP contribution in [0.5, 0.6) is 0 Å². The number of carbonyl (C=O) groups is 1. The van der Waals surface area contributed by atoms with E-state index >= 15 is 0 Å². The number of benzene rings is 1. The molecule has 106 valence electrons. The highest BCUT2D eigenvalue weighted by molar-refractivity contribution is 5.67. The molecule has 0 spiro atoms. The van der Waals surface area contributed by atoms with Gasteiger partial charge in [-0.15, -0.1) is 0 Å². The fourth-order valence-corrected chi connectivity index (χ4v) is 1.59. The quantitative estimate of drug-likeness (QED) is 0.793. The predicted molar refractivity (Wildman–Crippen MR) is 78.2 cm³/mol. The van der Waals surface area contributed by atoms with Gasteiger partial charge in [-0.05, 0) is 37.0 Å². The molecule has 19 heavy (non-hydrogen) atoms. The number of hydrogen-bond acceptors (Lipinski definition) is 3. The maximum absolute atomic E-state index is 11.4. The van der Waals surface area contributed by atoms with Crippen molar-refractivity contribution in [3.8, 4) is 0 Å². The maximum atomic E-state index is 11.4. The van der Waals surface area contributed by atoms with Gasteiger partial charge in [0.05, 0.1) is 0 Å². The zero-order valence-electron chi connectivity index (χ0n) is 12.0. The first-order valence-electron chi connectivity index (χ1n) is 6.85. The molecule has 1 aromatic rings. The monoisotopic (exact) mass is 264 g/mol. The minimum atomic E-state index is -0.351. The van der Waals surface area contributed by atoms with Crippen LogP contribution < -0.4 is 10.6 Å². The first-order valence-corrected chi connectivity index (χ1v) is 6.85. The average molecular weight is 264 g/mol. The third-order valence-corrected chi connectivity index (χ3v) is 2.70. The number of ether oxygens (including phenoxy) is 1. The summed E-state index contributed by atoms with van der Waals surface area (Å²) >= 11 is 0. The van der Waals surface area contributed by atoms with Crippen LogP contribution in [0.2, 0.25) is 0 Å². The Hall–Kier alpha value is -1.71. The van der Waals surface area contributed by atoms with Gasteiger partial charge in [0.1, 0.15) is 6.61 Å². The lowest BCUT2D eigenvalue weighted by atomic mass is 10.1. The molecular formula is C15H24N2O2. The van der Waals surface area contributed by atoms with Gasteiger partial charge in [-0.2, -0.15) is 0 Å². The Morgan fingerprint density at radius 3 is 2.53 bits per heavy atom. The van der Waals surface area contributed by atoms with E-state index in [0.29, 0.717) is 19.1 Å². The summed E-state index contributed by atoms with van der Waals surface area (Å²) in [5.41, 5.74) is 2.06. The lowest BCUT2D eigenvalue weighted by molar-refractivity contribution is 0.139. The van der Waals surface area contributed by atoms with Crippen LogP contribution >= 0.6 is 0 Å². The number of carbonyl (C=O) groups excluding carboxylic acids is 1. The van der Waals surface area contributed by atoms with Crippen molar-refractivity contribution in [1.82, 2.24) is 5.32 Å². The molecule has 1 aromatic carbocycles. The molecule has 0 bridgehead atoms. The van der Waals surface area contributed by atoms with Gasteiger partial charge < -0.3 is 15.4 Å². The molecule has 0 radical (unpaired) electrons. The number of rotatable bonds is 7. The van der Waals surface area contributed by atoms with Crippen LogP contribution in [0.1, 0.15) is 32.8 Å². The van der Waals surface area contributed by atoms with Gasteiger partial charge in [0.15, 0.2) is 0 Å². The van der Waals surface area contributed by atoms with Crippen LogP contribution in [-0.4, -0.2) is 19.2 Å². The van der Waals surface area contributed by atoms with Gasteiger partial charge in [-0.25, -0.2) is 4.79 Å². The van der Waals surface area contributed by atoms with Crippen molar-refractivity contribution in [3.05, 3.63) is 29.8 Å². The van der Waals surface area contributed by atoms with Crippen molar-refractivity contribution in [2.45, 2.75) is 33.8 Å².